The third-order valence-electron chi connectivity index (χ3n) is 4.26. The van der Waals surface area contributed by atoms with E-state index in [9.17, 15) is 4.79 Å². The van der Waals surface area contributed by atoms with Gasteiger partial charge >= 0.3 is 0 Å². The second-order valence-corrected chi connectivity index (χ2v) is 5.51. The molecule has 0 saturated carbocycles. The summed E-state index contributed by atoms with van der Waals surface area (Å²) in [5.41, 5.74) is 4.51. The van der Waals surface area contributed by atoms with Gasteiger partial charge in [0.25, 0.3) is 0 Å². The number of H-pyrrole nitrogens is 1. The van der Waals surface area contributed by atoms with Gasteiger partial charge in [-0.25, -0.2) is 0 Å². The number of hydrogen-bond acceptors (Lipinski definition) is 1. The molecular weight excluding hydrogens is 246 g/mol. The first-order chi connectivity index (χ1) is 9.81. The average Bonchev–Trinajstić information content (AvgIpc) is 2.94. The summed E-state index contributed by atoms with van der Waals surface area (Å²) in [7, 11) is 0. The van der Waals surface area contributed by atoms with Crippen LogP contribution < -0.4 is 0 Å². The smallest absolute Gasteiger partial charge is 0.163 e. The molecule has 2 nitrogen and oxygen atoms in total. The number of Topliss-reactive ketones (excluding diaryl/α,β-unsaturated/α-hetero) is 1. The Balaban J connectivity index is 1.75. The van der Waals surface area contributed by atoms with E-state index in [0.717, 1.165) is 17.5 Å². The summed E-state index contributed by atoms with van der Waals surface area (Å²) in [5, 5.41) is 1.22. The number of carbonyl (C=O) groups is 1. The number of hydrogen-bond donors (Lipinski definition) is 1. The average molecular weight is 261 g/mol. The molecule has 1 heterocycles. The standard InChI is InChI=1S/C18H15NO/c20-18-11-15(10-13-3-1-2-4-16(13)18)12-5-6-17-14(9-12)7-8-19-17/h1-9,15,19H,10-11H2. The fourth-order valence-electron chi connectivity index (χ4n) is 3.20. The van der Waals surface area contributed by atoms with Gasteiger partial charge in [-0.2, -0.15) is 0 Å². The van der Waals surface area contributed by atoms with Crippen molar-refractivity contribution in [1.82, 2.24) is 4.98 Å². The normalized spacial score (nSPS) is 18.2. The van der Waals surface area contributed by atoms with E-state index in [-0.39, 0.29) is 5.78 Å². The van der Waals surface area contributed by atoms with Crippen LogP contribution in [0.3, 0.4) is 0 Å². The van der Waals surface area contributed by atoms with Crippen LogP contribution in [0.15, 0.2) is 54.7 Å². The molecule has 1 N–H and O–H groups in total. The highest BCUT2D eigenvalue weighted by atomic mass is 16.1. The minimum atomic E-state index is 0.269. The van der Waals surface area contributed by atoms with Gasteiger partial charge in [0, 0.05) is 23.7 Å². The minimum absolute atomic E-state index is 0.269. The van der Waals surface area contributed by atoms with Crippen LogP contribution in [0.25, 0.3) is 10.9 Å². The van der Waals surface area contributed by atoms with Crippen LogP contribution in [0.5, 0.6) is 0 Å². The quantitative estimate of drug-likeness (QED) is 0.703. The van der Waals surface area contributed by atoms with Crippen LogP contribution in [0, 0.1) is 0 Å². The predicted octanol–water partition coefficient (Wildman–Crippen LogP) is 4.08. The molecule has 1 aliphatic rings. The summed E-state index contributed by atoms with van der Waals surface area (Å²) in [6, 6.07) is 16.5. The molecule has 3 aromatic rings. The fourth-order valence-corrected chi connectivity index (χ4v) is 3.20. The maximum Gasteiger partial charge on any atom is 0.163 e. The third kappa shape index (κ3) is 1.76. The van der Waals surface area contributed by atoms with Crippen molar-refractivity contribution in [2.75, 3.05) is 0 Å². The third-order valence-corrected chi connectivity index (χ3v) is 4.26. The van der Waals surface area contributed by atoms with E-state index in [1.165, 1.54) is 16.5 Å². The molecule has 0 saturated heterocycles. The van der Waals surface area contributed by atoms with Crippen molar-refractivity contribution in [2.45, 2.75) is 18.8 Å². The lowest BCUT2D eigenvalue weighted by Crippen LogP contribution is -2.18. The van der Waals surface area contributed by atoms with Gasteiger partial charge in [0.05, 0.1) is 0 Å². The highest BCUT2D eigenvalue weighted by molar-refractivity contribution is 5.99. The number of aromatic nitrogens is 1. The van der Waals surface area contributed by atoms with E-state index < -0.39 is 0 Å². The van der Waals surface area contributed by atoms with E-state index in [4.69, 9.17) is 0 Å². The molecule has 2 aromatic carbocycles. The number of benzene rings is 2. The lowest BCUT2D eigenvalue weighted by atomic mass is 9.79. The SMILES string of the molecule is O=C1CC(c2ccc3[nH]ccc3c2)Cc2ccccc21. The number of carbonyl (C=O) groups excluding carboxylic acids is 1. The number of nitrogens with one attached hydrogen (secondary N) is 1. The molecule has 0 aliphatic heterocycles. The van der Waals surface area contributed by atoms with Crippen molar-refractivity contribution in [3.05, 3.63) is 71.4 Å². The first-order valence-electron chi connectivity index (χ1n) is 6.99. The van der Waals surface area contributed by atoms with Crippen LogP contribution >= 0.6 is 0 Å². The number of fused-ring (bicyclic) bond motifs is 2. The zero-order valence-corrected chi connectivity index (χ0v) is 11.1. The van der Waals surface area contributed by atoms with Gasteiger partial charge in [-0.15, -0.1) is 0 Å². The van der Waals surface area contributed by atoms with Crippen molar-refractivity contribution in [3.63, 3.8) is 0 Å². The van der Waals surface area contributed by atoms with Crippen molar-refractivity contribution in [2.24, 2.45) is 0 Å². The molecule has 1 unspecified atom stereocenters. The van der Waals surface area contributed by atoms with Crippen LogP contribution in [0.4, 0.5) is 0 Å². The van der Waals surface area contributed by atoms with Crippen LogP contribution in [-0.2, 0) is 6.42 Å². The van der Waals surface area contributed by atoms with E-state index in [1.807, 2.05) is 24.4 Å². The molecule has 0 spiro atoms. The summed E-state index contributed by atoms with van der Waals surface area (Å²) >= 11 is 0. The number of ketones is 1. The Hall–Kier alpha value is -2.35. The lowest BCUT2D eigenvalue weighted by molar-refractivity contribution is 0.0964. The van der Waals surface area contributed by atoms with E-state index in [1.54, 1.807) is 0 Å². The van der Waals surface area contributed by atoms with Gasteiger partial charge in [0.15, 0.2) is 5.78 Å². The van der Waals surface area contributed by atoms with Crippen molar-refractivity contribution in [3.8, 4) is 0 Å². The highest BCUT2D eigenvalue weighted by Crippen LogP contribution is 2.33. The molecule has 1 atom stereocenters. The molecule has 1 aromatic heterocycles. The van der Waals surface area contributed by atoms with Gasteiger partial charge in [0.1, 0.15) is 0 Å². The molecule has 98 valence electrons. The van der Waals surface area contributed by atoms with Crippen molar-refractivity contribution >= 4 is 16.7 Å². The summed E-state index contributed by atoms with van der Waals surface area (Å²) in [4.78, 5) is 15.5. The molecule has 0 amide bonds. The Kier molecular flexibility index (Phi) is 2.49. The first-order valence-corrected chi connectivity index (χ1v) is 6.99. The summed E-state index contributed by atoms with van der Waals surface area (Å²) in [5.74, 6) is 0.572. The van der Waals surface area contributed by atoms with Gasteiger partial charge < -0.3 is 4.98 Å². The molecule has 2 heteroatoms. The van der Waals surface area contributed by atoms with Gasteiger partial charge in [-0.3, -0.25) is 4.79 Å². The fraction of sp³-hybridized carbons (Fsp3) is 0.167. The molecule has 20 heavy (non-hydrogen) atoms. The van der Waals surface area contributed by atoms with Gasteiger partial charge in [0.2, 0.25) is 0 Å². The monoisotopic (exact) mass is 261 g/mol. The zero-order chi connectivity index (χ0) is 13.5. The molecule has 0 fully saturated rings. The Labute approximate surface area is 117 Å². The van der Waals surface area contributed by atoms with E-state index in [2.05, 4.69) is 35.3 Å². The molecule has 4 rings (SSSR count). The second-order valence-electron chi connectivity index (χ2n) is 5.51. The predicted molar refractivity (Wildman–Crippen MR) is 80.1 cm³/mol. The Bertz CT molecular complexity index is 800. The van der Waals surface area contributed by atoms with Crippen molar-refractivity contribution < 1.29 is 4.79 Å². The van der Waals surface area contributed by atoms with Crippen LogP contribution in [-0.4, -0.2) is 10.8 Å². The minimum Gasteiger partial charge on any atom is -0.361 e. The van der Waals surface area contributed by atoms with Crippen LogP contribution in [0.2, 0.25) is 0 Å². The lowest BCUT2D eigenvalue weighted by Gasteiger charge is -2.24. The molecule has 0 bridgehead atoms. The van der Waals surface area contributed by atoms with Crippen LogP contribution in [0.1, 0.15) is 33.8 Å². The first kappa shape index (κ1) is 11.5. The Morgan fingerprint density at radius 2 is 1.90 bits per heavy atom. The maximum atomic E-state index is 12.3. The van der Waals surface area contributed by atoms with Crippen molar-refractivity contribution in [1.29, 1.82) is 0 Å². The zero-order valence-electron chi connectivity index (χ0n) is 11.1. The Morgan fingerprint density at radius 1 is 1.00 bits per heavy atom. The van der Waals surface area contributed by atoms with E-state index in [0.29, 0.717) is 12.3 Å². The molecule has 1 aliphatic carbocycles. The number of rotatable bonds is 1. The second kappa shape index (κ2) is 4.34. The maximum absolute atomic E-state index is 12.3. The Morgan fingerprint density at radius 3 is 2.85 bits per heavy atom. The topological polar surface area (TPSA) is 32.9 Å². The number of aromatic amines is 1. The highest BCUT2D eigenvalue weighted by Gasteiger charge is 2.25. The summed E-state index contributed by atoms with van der Waals surface area (Å²) in [6.45, 7) is 0. The summed E-state index contributed by atoms with van der Waals surface area (Å²) < 4.78 is 0. The van der Waals surface area contributed by atoms with Gasteiger partial charge in [-0.1, -0.05) is 30.3 Å². The van der Waals surface area contributed by atoms with Gasteiger partial charge in [-0.05, 0) is 47.1 Å². The molecular formula is C18H15NO. The largest absolute Gasteiger partial charge is 0.361 e. The van der Waals surface area contributed by atoms with E-state index >= 15 is 0 Å². The summed E-state index contributed by atoms with van der Waals surface area (Å²) in [6.07, 6.45) is 3.53. The molecule has 0 radical (unpaired) electrons.